The Morgan fingerprint density at radius 2 is 1.72 bits per heavy atom. The highest BCUT2D eigenvalue weighted by molar-refractivity contribution is 7.89. The van der Waals surface area contributed by atoms with Crippen molar-refractivity contribution in [3.63, 3.8) is 0 Å². The van der Waals surface area contributed by atoms with Gasteiger partial charge in [-0.3, -0.25) is 4.90 Å². The number of rotatable bonds is 8. The molecule has 0 spiro atoms. The van der Waals surface area contributed by atoms with Gasteiger partial charge in [0.05, 0.1) is 24.8 Å². The van der Waals surface area contributed by atoms with Gasteiger partial charge in [-0.2, -0.15) is 0 Å². The predicted octanol–water partition coefficient (Wildman–Crippen LogP) is 2.11. The smallest absolute Gasteiger partial charge is 0.240 e. The van der Waals surface area contributed by atoms with E-state index < -0.39 is 10.0 Å². The minimum atomic E-state index is -3.54. The minimum absolute atomic E-state index is 0.291. The Balaban J connectivity index is 1.50. The summed E-state index contributed by atoms with van der Waals surface area (Å²) in [4.78, 5) is 4.87. The maximum Gasteiger partial charge on any atom is 0.240 e. The van der Waals surface area contributed by atoms with Crippen LogP contribution in [0.3, 0.4) is 0 Å². The van der Waals surface area contributed by atoms with Gasteiger partial charge in [-0.25, -0.2) is 13.1 Å². The summed E-state index contributed by atoms with van der Waals surface area (Å²) in [5.41, 5.74) is 1.77. The molecule has 0 saturated carbocycles. The highest BCUT2D eigenvalue weighted by atomic mass is 32.2. The first kappa shape index (κ1) is 21.4. The summed E-state index contributed by atoms with van der Waals surface area (Å²) >= 11 is 0. The normalized spacial score (nSPS) is 15.3. The van der Waals surface area contributed by atoms with E-state index in [1.54, 1.807) is 39.3 Å². The summed E-state index contributed by atoms with van der Waals surface area (Å²) in [5.74, 6) is 1.53. The third kappa shape index (κ3) is 5.20. The molecule has 0 aromatic heterocycles. The molecule has 0 atom stereocenters. The highest BCUT2D eigenvalue weighted by Gasteiger charge is 2.21. The second-order valence-electron chi connectivity index (χ2n) is 7.03. The van der Waals surface area contributed by atoms with Crippen molar-refractivity contribution in [3.8, 4) is 11.5 Å². The van der Waals surface area contributed by atoms with Crippen LogP contribution >= 0.6 is 0 Å². The molecule has 1 aliphatic rings. The first-order valence-corrected chi connectivity index (χ1v) is 11.2. The lowest BCUT2D eigenvalue weighted by Gasteiger charge is -2.36. The van der Waals surface area contributed by atoms with Crippen LogP contribution in [0.4, 0.5) is 5.69 Å². The maximum absolute atomic E-state index is 12.6. The lowest BCUT2D eigenvalue weighted by Crippen LogP contribution is -2.48. The Morgan fingerprint density at radius 3 is 2.38 bits per heavy atom. The zero-order chi connectivity index (χ0) is 20.9. The van der Waals surface area contributed by atoms with Gasteiger partial charge in [0, 0.05) is 39.3 Å². The lowest BCUT2D eigenvalue weighted by atomic mass is 10.2. The number of anilines is 1. The fourth-order valence-corrected chi connectivity index (χ4v) is 4.82. The van der Waals surface area contributed by atoms with Gasteiger partial charge in [0.2, 0.25) is 10.0 Å². The molecule has 2 aromatic rings. The molecular weight excluding hydrogens is 390 g/mol. The van der Waals surface area contributed by atoms with E-state index in [4.69, 9.17) is 9.47 Å². The summed E-state index contributed by atoms with van der Waals surface area (Å²) in [6.07, 6.45) is 0. The van der Waals surface area contributed by atoms with Gasteiger partial charge in [0.1, 0.15) is 11.5 Å². The van der Waals surface area contributed by atoms with Crippen LogP contribution < -0.4 is 19.1 Å². The van der Waals surface area contributed by atoms with Gasteiger partial charge in [-0.1, -0.05) is 12.1 Å². The fourth-order valence-electron chi connectivity index (χ4n) is 3.57. The van der Waals surface area contributed by atoms with Crippen LogP contribution in [0.2, 0.25) is 0 Å². The largest absolute Gasteiger partial charge is 0.497 e. The van der Waals surface area contributed by atoms with Crippen LogP contribution in [0.1, 0.15) is 5.56 Å². The SMILES string of the molecule is COc1ccc(S(=O)(=O)NCCN2CCN(c3ccccc3OC)CC2)c(C)c1. The van der Waals surface area contributed by atoms with Crippen LogP contribution in [0.15, 0.2) is 47.4 Å². The number of aryl methyl sites for hydroxylation is 1. The first-order valence-electron chi connectivity index (χ1n) is 9.69. The molecule has 1 saturated heterocycles. The maximum atomic E-state index is 12.6. The van der Waals surface area contributed by atoms with Gasteiger partial charge < -0.3 is 14.4 Å². The third-order valence-corrected chi connectivity index (χ3v) is 6.81. The third-order valence-electron chi connectivity index (χ3n) is 5.19. The van der Waals surface area contributed by atoms with Crippen LogP contribution in [0, 0.1) is 6.92 Å². The Morgan fingerprint density at radius 1 is 1.00 bits per heavy atom. The summed E-state index contributed by atoms with van der Waals surface area (Å²) in [7, 11) is -0.288. The fraction of sp³-hybridized carbons (Fsp3) is 0.429. The van der Waals surface area contributed by atoms with E-state index in [0.29, 0.717) is 29.3 Å². The molecule has 0 radical (unpaired) electrons. The topological polar surface area (TPSA) is 71.1 Å². The van der Waals surface area contributed by atoms with Gasteiger partial charge in [-0.15, -0.1) is 0 Å². The Labute approximate surface area is 173 Å². The number of hydrogen-bond acceptors (Lipinski definition) is 6. The number of nitrogens with zero attached hydrogens (tertiary/aromatic N) is 2. The molecule has 0 amide bonds. The lowest BCUT2D eigenvalue weighted by molar-refractivity contribution is 0.261. The van der Waals surface area contributed by atoms with E-state index in [2.05, 4.69) is 20.6 Å². The van der Waals surface area contributed by atoms with Crippen molar-refractivity contribution >= 4 is 15.7 Å². The number of methoxy groups -OCH3 is 2. The van der Waals surface area contributed by atoms with Crippen molar-refractivity contribution in [1.82, 2.24) is 9.62 Å². The van der Waals surface area contributed by atoms with Crippen molar-refractivity contribution in [3.05, 3.63) is 48.0 Å². The van der Waals surface area contributed by atoms with E-state index in [1.165, 1.54) is 0 Å². The van der Waals surface area contributed by atoms with E-state index in [1.807, 2.05) is 18.2 Å². The van der Waals surface area contributed by atoms with Gasteiger partial charge in [0.25, 0.3) is 0 Å². The zero-order valence-corrected chi connectivity index (χ0v) is 18.0. The highest BCUT2D eigenvalue weighted by Crippen LogP contribution is 2.28. The van der Waals surface area contributed by atoms with Gasteiger partial charge >= 0.3 is 0 Å². The van der Waals surface area contributed by atoms with E-state index >= 15 is 0 Å². The molecule has 8 heteroatoms. The average molecular weight is 420 g/mol. The zero-order valence-electron chi connectivity index (χ0n) is 17.2. The van der Waals surface area contributed by atoms with E-state index in [0.717, 1.165) is 37.6 Å². The molecule has 1 fully saturated rings. The molecule has 7 nitrogen and oxygen atoms in total. The number of benzene rings is 2. The van der Waals surface area contributed by atoms with E-state index in [-0.39, 0.29) is 0 Å². The second-order valence-corrected chi connectivity index (χ2v) is 8.77. The quantitative estimate of drug-likeness (QED) is 0.707. The second kappa shape index (κ2) is 9.47. The first-order chi connectivity index (χ1) is 13.9. The summed E-state index contributed by atoms with van der Waals surface area (Å²) < 4.78 is 38.5. The van der Waals surface area contributed by atoms with Crippen molar-refractivity contribution in [2.75, 3.05) is 58.4 Å². The van der Waals surface area contributed by atoms with Gasteiger partial charge in [0.15, 0.2) is 0 Å². The standard InChI is InChI=1S/C21H29N3O4S/c1-17-16-18(27-2)8-9-21(17)29(25,26)22-10-11-23-12-14-24(15-13-23)19-6-4-5-7-20(19)28-3/h4-9,16,22H,10-15H2,1-3H3. The Kier molecular flexibility index (Phi) is 7.00. The number of piperazine rings is 1. The van der Waals surface area contributed by atoms with E-state index in [9.17, 15) is 8.42 Å². The molecule has 1 N–H and O–H groups in total. The molecule has 2 aromatic carbocycles. The molecule has 1 heterocycles. The Hall–Kier alpha value is -2.29. The molecule has 158 valence electrons. The number of sulfonamides is 1. The van der Waals surface area contributed by atoms with Crippen LogP contribution in [0.5, 0.6) is 11.5 Å². The molecule has 3 rings (SSSR count). The van der Waals surface area contributed by atoms with Crippen LogP contribution in [0.25, 0.3) is 0 Å². The molecular formula is C21H29N3O4S. The van der Waals surface area contributed by atoms with Crippen molar-refractivity contribution in [2.45, 2.75) is 11.8 Å². The van der Waals surface area contributed by atoms with Crippen molar-refractivity contribution in [2.24, 2.45) is 0 Å². The summed E-state index contributed by atoms with van der Waals surface area (Å²) in [6.45, 7) is 6.34. The predicted molar refractivity (Wildman–Crippen MR) is 115 cm³/mol. The van der Waals surface area contributed by atoms with Crippen molar-refractivity contribution in [1.29, 1.82) is 0 Å². The number of ether oxygens (including phenoxy) is 2. The molecule has 0 bridgehead atoms. The molecule has 29 heavy (non-hydrogen) atoms. The number of para-hydroxylation sites is 2. The summed E-state index contributed by atoms with van der Waals surface area (Å²) in [5, 5.41) is 0. The van der Waals surface area contributed by atoms with Gasteiger partial charge in [-0.05, 0) is 42.8 Å². The van der Waals surface area contributed by atoms with Crippen LogP contribution in [-0.4, -0.2) is 66.8 Å². The monoisotopic (exact) mass is 419 g/mol. The molecule has 0 aliphatic carbocycles. The molecule has 0 unspecified atom stereocenters. The summed E-state index contributed by atoms with van der Waals surface area (Å²) in [6, 6.07) is 13.0. The Bertz CT molecular complexity index is 925. The number of hydrogen-bond donors (Lipinski definition) is 1. The van der Waals surface area contributed by atoms with Crippen molar-refractivity contribution < 1.29 is 17.9 Å². The number of nitrogens with one attached hydrogen (secondary N) is 1. The minimum Gasteiger partial charge on any atom is -0.497 e. The molecule has 1 aliphatic heterocycles. The van der Waals surface area contributed by atoms with Crippen LogP contribution in [-0.2, 0) is 10.0 Å². The average Bonchev–Trinajstić information content (AvgIpc) is 2.73.